The molecule has 170 valence electrons. The number of carbonyl (C=O) groups is 1. The summed E-state index contributed by atoms with van der Waals surface area (Å²) in [6.07, 6.45) is 4.58. The van der Waals surface area contributed by atoms with Crippen LogP contribution in [0.3, 0.4) is 0 Å². The van der Waals surface area contributed by atoms with E-state index in [0.717, 1.165) is 40.1 Å². The Kier molecular flexibility index (Phi) is 5.47. The normalized spacial score (nSPS) is 16.0. The molecule has 0 saturated carbocycles. The third-order valence-electron chi connectivity index (χ3n) is 6.19. The van der Waals surface area contributed by atoms with Gasteiger partial charge in [-0.05, 0) is 29.7 Å². The van der Waals surface area contributed by atoms with Gasteiger partial charge in [0.1, 0.15) is 5.56 Å². The number of nitrogens with zero attached hydrogens (tertiary/aromatic N) is 3. The molecule has 8 heteroatoms. The first kappa shape index (κ1) is 21.2. The molecule has 6 nitrogen and oxygen atoms in total. The first-order valence-corrected chi connectivity index (χ1v) is 13.1. The lowest BCUT2D eigenvalue weighted by Crippen LogP contribution is -2.31. The fraction of sp³-hybridized carbons (Fsp3) is 0.192. The maximum Gasteiger partial charge on any atom is 0.264 e. The molecular weight excluding hydrogens is 464 g/mol. The van der Waals surface area contributed by atoms with E-state index in [-0.39, 0.29) is 16.9 Å². The highest BCUT2D eigenvalue weighted by Gasteiger charge is 2.29. The summed E-state index contributed by atoms with van der Waals surface area (Å²) < 4.78 is 2.05. The van der Waals surface area contributed by atoms with Crippen LogP contribution in [0.1, 0.15) is 27.2 Å². The standard InChI is InChI=1S/C26H22N4O2S2/c31-24-20-8-4-7-18-9-10-29(23(18)20)15-21(24)25(32)30-11-12-33-22(30)13-19-16-34-26(28-19)27-14-17-5-2-1-3-6-17/h1-8,13,15-16H,9-12,14H2,(H,27,28)/b22-13+. The zero-order chi connectivity index (χ0) is 23.1. The average Bonchev–Trinajstić information content (AvgIpc) is 3.61. The Morgan fingerprint density at radius 2 is 2.00 bits per heavy atom. The van der Waals surface area contributed by atoms with Crippen LogP contribution in [0.25, 0.3) is 17.0 Å². The number of aromatic nitrogens is 2. The Morgan fingerprint density at radius 1 is 1.12 bits per heavy atom. The van der Waals surface area contributed by atoms with Crippen LogP contribution in [-0.2, 0) is 19.5 Å². The van der Waals surface area contributed by atoms with Gasteiger partial charge in [0.2, 0.25) is 5.43 Å². The fourth-order valence-corrected chi connectivity index (χ4v) is 6.22. The molecule has 34 heavy (non-hydrogen) atoms. The molecule has 2 aromatic carbocycles. The second-order valence-corrected chi connectivity index (χ2v) is 10.3. The number of pyridine rings is 1. The predicted molar refractivity (Wildman–Crippen MR) is 139 cm³/mol. The molecule has 6 rings (SSSR count). The molecule has 1 saturated heterocycles. The Hall–Kier alpha value is -3.36. The zero-order valence-corrected chi connectivity index (χ0v) is 20.0. The van der Waals surface area contributed by atoms with Crippen molar-refractivity contribution in [1.82, 2.24) is 14.5 Å². The van der Waals surface area contributed by atoms with Gasteiger partial charge < -0.3 is 14.8 Å². The van der Waals surface area contributed by atoms with Crippen molar-refractivity contribution in [3.05, 3.63) is 97.7 Å². The predicted octanol–water partition coefficient (Wildman–Crippen LogP) is 4.81. The van der Waals surface area contributed by atoms with Crippen molar-refractivity contribution in [2.75, 3.05) is 17.6 Å². The summed E-state index contributed by atoms with van der Waals surface area (Å²) in [5.74, 6) is 0.564. The average molecular weight is 487 g/mol. The molecule has 2 aliphatic rings. The maximum atomic E-state index is 13.5. The van der Waals surface area contributed by atoms with E-state index >= 15 is 0 Å². The monoisotopic (exact) mass is 486 g/mol. The molecule has 2 aliphatic heterocycles. The van der Waals surface area contributed by atoms with Crippen LogP contribution < -0.4 is 10.7 Å². The minimum atomic E-state index is -0.234. The number of nitrogens with one attached hydrogen (secondary N) is 1. The molecule has 0 unspecified atom stereocenters. The fourth-order valence-electron chi connectivity index (χ4n) is 4.54. The molecule has 0 aliphatic carbocycles. The summed E-state index contributed by atoms with van der Waals surface area (Å²) in [7, 11) is 0. The Labute approximate surface area is 204 Å². The van der Waals surface area contributed by atoms with Crippen LogP contribution >= 0.6 is 23.1 Å². The SMILES string of the molecule is O=C(c1cn2c3c(cccc3c1=O)CC2)N1CCS/C1=C/c1csc(NCc2ccccc2)n1. The van der Waals surface area contributed by atoms with Crippen molar-refractivity contribution in [1.29, 1.82) is 0 Å². The first-order chi connectivity index (χ1) is 16.7. The number of hydrogen-bond donors (Lipinski definition) is 1. The molecule has 1 N–H and O–H groups in total. The Balaban J connectivity index is 1.25. The van der Waals surface area contributed by atoms with E-state index in [1.165, 1.54) is 22.5 Å². The van der Waals surface area contributed by atoms with Gasteiger partial charge in [-0.15, -0.1) is 23.1 Å². The summed E-state index contributed by atoms with van der Waals surface area (Å²) >= 11 is 3.16. The van der Waals surface area contributed by atoms with Gasteiger partial charge in [-0.1, -0.05) is 42.5 Å². The lowest BCUT2D eigenvalue weighted by molar-refractivity contribution is 0.0829. The zero-order valence-electron chi connectivity index (χ0n) is 18.4. The van der Waals surface area contributed by atoms with E-state index in [1.807, 2.05) is 41.8 Å². The maximum absolute atomic E-state index is 13.5. The van der Waals surface area contributed by atoms with Gasteiger partial charge in [-0.2, -0.15) is 0 Å². The van der Waals surface area contributed by atoms with E-state index in [1.54, 1.807) is 22.9 Å². The van der Waals surface area contributed by atoms with Crippen LogP contribution in [0.4, 0.5) is 5.13 Å². The second-order valence-electron chi connectivity index (χ2n) is 8.33. The largest absolute Gasteiger partial charge is 0.357 e. The molecular formula is C26H22N4O2S2. The molecule has 0 bridgehead atoms. The third kappa shape index (κ3) is 3.82. The van der Waals surface area contributed by atoms with Gasteiger partial charge >= 0.3 is 0 Å². The Morgan fingerprint density at radius 3 is 2.88 bits per heavy atom. The van der Waals surface area contributed by atoms with Crippen molar-refractivity contribution >= 4 is 51.1 Å². The van der Waals surface area contributed by atoms with Crippen molar-refractivity contribution in [3.63, 3.8) is 0 Å². The summed E-state index contributed by atoms with van der Waals surface area (Å²) in [4.78, 5) is 33.1. The van der Waals surface area contributed by atoms with E-state index in [0.29, 0.717) is 18.5 Å². The number of amides is 1. The van der Waals surface area contributed by atoms with Crippen molar-refractivity contribution in [2.45, 2.75) is 19.5 Å². The van der Waals surface area contributed by atoms with Gasteiger partial charge in [0.15, 0.2) is 5.13 Å². The van der Waals surface area contributed by atoms with Gasteiger partial charge in [0, 0.05) is 42.4 Å². The van der Waals surface area contributed by atoms with Crippen LogP contribution in [-0.4, -0.2) is 32.7 Å². The summed E-state index contributed by atoms with van der Waals surface area (Å²) in [6.45, 7) is 2.08. The number of thioether (sulfide) groups is 1. The molecule has 1 amide bonds. The lowest BCUT2D eigenvalue weighted by Gasteiger charge is -2.17. The minimum Gasteiger partial charge on any atom is -0.357 e. The van der Waals surface area contributed by atoms with Crippen LogP contribution in [0.2, 0.25) is 0 Å². The van der Waals surface area contributed by atoms with Crippen LogP contribution in [0.15, 0.2) is 69.9 Å². The van der Waals surface area contributed by atoms with Crippen molar-refractivity contribution < 1.29 is 4.79 Å². The van der Waals surface area contributed by atoms with Gasteiger partial charge in [-0.3, -0.25) is 9.59 Å². The van der Waals surface area contributed by atoms with Crippen LogP contribution in [0.5, 0.6) is 0 Å². The first-order valence-electron chi connectivity index (χ1n) is 11.2. The molecule has 0 spiro atoms. The number of rotatable bonds is 5. The van der Waals surface area contributed by atoms with E-state index in [9.17, 15) is 9.59 Å². The number of para-hydroxylation sites is 1. The Bertz CT molecular complexity index is 1490. The van der Waals surface area contributed by atoms with Gasteiger partial charge in [0.25, 0.3) is 5.91 Å². The van der Waals surface area contributed by atoms with Crippen molar-refractivity contribution in [3.8, 4) is 0 Å². The quantitative estimate of drug-likeness (QED) is 0.438. The highest BCUT2D eigenvalue weighted by Crippen LogP contribution is 2.32. The minimum absolute atomic E-state index is 0.183. The summed E-state index contributed by atoms with van der Waals surface area (Å²) in [6, 6.07) is 16.0. The number of aryl methyl sites for hydroxylation is 2. The molecule has 4 aromatic rings. The molecule has 0 atom stereocenters. The van der Waals surface area contributed by atoms with E-state index in [4.69, 9.17) is 0 Å². The second kappa shape index (κ2) is 8.77. The van der Waals surface area contributed by atoms with Crippen molar-refractivity contribution in [2.24, 2.45) is 0 Å². The van der Waals surface area contributed by atoms with E-state index < -0.39 is 0 Å². The number of thiazole rings is 1. The number of hydrogen-bond acceptors (Lipinski definition) is 6. The summed E-state index contributed by atoms with van der Waals surface area (Å²) in [5, 5.41) is 7.64. The highest BCUT2D eigenvalue weighted by molar-refractivity contribution is 8.03. The number of anilines is 1. The summed E-state index contributed by atoms with van der Waals surface area (Å²) in [5.41, 5.74) is 4.19. The highest BCUT2D eigenvalue weighted by atomic mass is 32.2. The smallest absolute Gasteiger partial charge is 0.264 e. The van der Waals surface area contributed by atoms with E-state index in [2.05, 4.69) is 33.1 Å². The molecule has 1 fully saturated rings. The number of carbonyl (C=O) groups excluding carboxylic acids is 1. The third-order valence-corrected chi connectivity index (χ3v) is 8.03. The molecule has 2 aromatic heterocycles. The van der Waals surface area contributed by atoms with Gasteiger partial charge in [0.05, 0.1) is 16.2 Å². The topological polar surface area (TPSA) is 67.2 Å². The van der Waals surface area contributed by atoms with Gasteiger partial charge in [-0.25, -0.2) is 4.98 Å². The number of benzene rings is 2. The van der Waals surface area contributed by atoms with Crippen LogP contribution in [0, 0.1) is 0 Å². The molecule has 0 radical (unpaired) electrons. The molecule has 4 heterocycles. The lowest BCUT2D eigenvalue weighted by atomic mass is 10.1.